The van der Waals surface area contributed by atoms with Crippen molar-refractivity contribution in [1.82, 2.24) is 0 Å². The average Bonchev–Trinajstić information content (AvgIpc) is 3.74. The minimum atomic E-state index is 0.344. The Morgan fingerprint density at radius 2 is 1.32 bits per heavy atom. The number of aryl methyl sites for hydroxylation is 3. The fourth-order valence-corrected chi connectivity index (χ4v) is 14.4. The first-order valence-corrected chi connectivity index (χ1v) is 24.8. The molecule has 1 aromatic heterocycles. The van der Waals surface area contributed by atoms with Crippen molar-refractivity contribution in [2.45, 2.75) is 63.2 Å². The van der Waals surface area contributed by atoms with Gasteiger partial charge in [0.15, 0.2) is 0 Å². The molecule has 1 heterocycles. The number of fused-ring (bicyclic) bond motifs is 5. The summed E-state index contributed by atoms with van der Waals surface area (Å²) >= 11 is 1.96. The summed E-state index contributed by atoms with van der Waals surface area (Å²) in [5.74, 6) is 0.706. The van der Waals surface area contributed by atoms with Crippen molar-refractivity contribution in [3.05, 3.63) is 211 Å². The first kappa shape index (κ1) is 36.5. The highest BCUT2D eigenvalue weighted by atomic mass is 32.1. The van der Waals surface area contributed by atoms with E-state index in [0.29, 0.717) is 11.8 Å². The summed E-state index contributed by atoms with van der Waals surface area (Å²) in [5.41, 5.74) is 20.3. The van der Waals surface area contributed by atoms with E-state index < -0.39 is 0 Å². The van der Waals surface area contributed by atoms with Gasteiger partial charge in [0.1, 0.15) is 0 Å². The van der Waals surface area contributed by atoms with E-state index in [1.165, 1.54) is 136 Å². The molecule has 0 nitrogen and oxygen atoms in total. The Balaban J connectivity index is 0.829. The number of allylic oxidation sites excluding steroid dienone is 3. The van der Waals surface area contributed by atoms with Gasteiger partial charge in [-0.25, -0.2) is 0 Å². The van der Waals surface area contributed by atoms with E-state index in [9.17, 15) is 0 Å². The van der Waals surface area contributed by atoms with E-state index in [2.05, 4.69) is 170 Å². The third-order valence-electron chi connectivity index (χ3n) is 16.2. The molecule has 0 saturated carbocycles. The first-order valence-electron chi connectivity index (χ1n) is 24.0. The fourth-order valence-electron chi connectivity index (χ4n) is 13.2. The Hall–Kier alpha value is -6.80. The molecule has 5 aliphatic carbocycles. The van der Waals surface area contributed by atoms with Crippen molar-refractivity contribution >= 4 is 88.8 Å². The second kappa shape index (κ2) is 13.9. The molecule has 65 heavy (non-hydrogen) atoms. The molecule has 0 radical (unpaired) electrons. The highest BCUT2D eigenvalue weighted by molar-refractivity contribution is 7.20. The lowest BCUT2D eigenvalue weighted by molar-refractivity contribution is 0.812. The molecule has 0 bridgehead atoms. The molecule has 5 aliphatic rings. The van der Waals surface area contributed by atoms with Gasteiger partial charge in [-0.15, -0.1) is 11.3 Å². The van der Waals surface area contributed by atoms with E-state index >= 15 is 0 Å². The third kappa shape index (κ3) is 5.31. The van der Waals surface area contributed by atoms with Crippen LogP contribution < -0.4 is 5.22 Å². The van der Waals surface area contributed by atoms with Gasteiger partial charge in [-0.3, -0.25) is 0 Å². The Labute approximate surface area is 383 Å². The van der Waals surface area contributed by atoms with Gasteiger partial charge in [0, 0.05) is 21.4 Å². The molecule has 1 heteroatoms. The molecular formula is C64H46S. The zero-order valence-corrected chi connectivity index (χ0v) is 37.2. The highest BCUT2D eigenvalue weighted by Crippen LogP contribution is 2.48. The lowest BCUT2D eigenvalue weighted by Gasteiger charge is -2.27. The van der Waals surface area contributed by atoms with Crippen LogP contribution in [0, 0.1) is 0 Å². The van der Waals surface area contributed by atoms with Crippen LogP contribution in [0.4, 0.5) is 0 Å². The summed E-state index contributed by atoms with van der Waals surface area (Å²) in [6.45, 7) is 0. The van der Waals surface area contributed by atoms with Crippen molar-refractivity contribution in [1.29, 1.82) is 0 Å². The number of hydrogen-bond acceptors (Lipinski definition) is 1. The quantitative estimate of drug-likeness (QED) is 0.155. The van der Waals surface area contributed by atoms with Crippen molar-refractivity contribution in [2.75, 3.05) is 0 Å². The maximum Gasteiger partial charge on any atom is 0.0352 e. The van der Waals surface area contributed by atoms with E-state index in [4.69, 9.17) is 0 Å². The van der Waals surface area contributed by atoms with Crippen molar-refractivity contribution in [3.8, 4) is 22.3 Å². The Kier molecular flexibility index (Phi) is 7.79. The first-order chi connectivity index (χ1) is 32.2. The lowest BCUT2D eigenvalue weighted by Crippen LogP contribution is -2.16. The van der Waals surface area contributed by atoms with Gasteiger partial charge in [-0.2, -0.15) is 0 Å². The fraction of sp³-hybridized carbons (Fsp3) is 0.156. The second-order valence-electron chi connectivity index (χ2n) is 19.4. The predicted octanol–water partition coefficient (Wildman–Crippen LogP) is 16.3. The van der Waals surface area contributed by atoms with Crippen LogP contribution in [0.5, 0.6) is 0 Å². The molecule has 2 atom stereocenters. The molecule has 0 aliphatic heterocycles. The summed E-state index contributed by atoms with van der Waals surface area (Å²) in [5, 5.41) is 14.2. The van der Waals surface area contributed by atoms with Gasteiger partial charge >= 0.3 is 0 Å². The largest absolute Gasteiger partial charge is 0.136 e. The molecule has 10 aromatic rings. The lowest BCUT2D eigenvalue weighted by atomic mass is 9.76. The van der Waals surface area contributed by atoms with E-state index in [1.807, 2.05) is 11.3 Å². The zero-order valence-electron chi connectivity index (χ0n) is 36.4. The number of thiophene rings is 1. The maximum atomic E-state index is 2.53. The molecule has 0 N–H and O–H groups in total. The molecule has 0 spiro atoms. The van der Waals surface area contributed by atoms with Crippen LogP contribution in [0.1, 0.15) is 91.6 Å². The van der Waals surface area contributed by atoms with Crippen molar-refractivity contribution in [3.63, 3.8) is 0 Å². The molecule has 0 fully saturated rings. The van der Waals surface area contributed by atoms with Crippen LogP contribution in [-0.4, -0.2) is 0 Å². The topological polar surface area (TPSA) is 0 Å². The molecule has 9 aromatic carbocycles. The maximum absolute atomic E-state index is 2.53. The number of hydrogen-bond donors (Lipinski definition) is 0. The van der Waals surface area contributed by atoms with Gasteiger partial charge in [0.25, 0.3) is 0 Å². The average molecular weight is 847 g/mol. The van der Waals surface area contributed by atoms with Crippen molar-refractivity contribution < 1.29 is 0 Å². The SMILES string of the molecule is C1=Cc2c(cccc2C2CC=c3ccc4c(-c5ccc6sc7c(c6c5)CC(c5ccc6ccc8c(-c9cccc%10c9CCC=C%10)ccc9c8c6c5CC9)C=C7)ccc5ccc2c3c54)CC1. The minimum Gasteiger partial charge on any atom is -0.136 e. The van der Waals surface area contributed by atoms with E-state index in [-0.39, 0.29) is 0 Å². The van der Waals surface area contributed by atoms with Crippen LogP contribution in [0.2, 0.25) is 0 Å². The molecule has 15 rings (SSSR count). The second-order valence-corrected chi connectivity index (χ2v) is 20.5. The predicted molar refractivity (Wildman–Crippen MR) is 279 cm³/mol. The van der Waals surface area contributed by atoms with E-state index in [0.717, 1.165) is 51.4 Å². The van der Waals surface area contributed by atoms with Crippen LogP contribution in [-0.2, 0) is 32.1 Å². The van der Waals surface area contributed by atoms with Crippen LogP contribution in [0.15, 0.2) is 146 Å². The highest BCUT2D eigenvalue weighted by Gasteiger charge is 2.28. The van der Waals surface area contributed by atoms with Crippen LogP contribution in [0.3, 0.4) is 0 Å². The Morgan fingerprint density at radius 1 is 0.492 bits per heavy atom. The number of benzene rings is 9. The van der Waals surface area contributed by atoms with Gasteiger partial charge in [0.2, 0.25) is 0 Å². The van der Waals surface area contributed by atoms with E-state index in [1.54, 1.807) is 5.56 Å². The number of rotatable bonds is 4. The monoisotopic (exact) mass is 846 g/mol. The van der Waals surface area contributed by atoms with Crippen LogP contribution in [0.25, 0.3) is 99.7 Å². The molecule has 2 unspecified atom stereocenters. The minimum absolute atomic E-state index is 0.344. The normalized spacial score (nSPS) is 17.9. The molecule has 308 valence electrons. The summed E-state index contributed by atoms with van der Waals surface area (Å²) in [6.07, 6.45) is 25.7. The van der Waals surface area contributed by atoms with Gasteiger partial charge < -0.3 is 0 Å². The summed E-state index contributed by atoms with van der Waals surface area (Å²) in [4.78, 5) is 1.42. The summed E-state index contributed by atoms with van der Waals surface area (Å²) in [7, 11) is 0. The van der Waals surface area contributed by atoms with Gasteiger partial charge in [0.05, 0.1) is 0 Å². The Bertz CT molecular complexity index is 3900. The van der Waals surface area contributed by atoms with Gasteiger partial charge in [-0.05, 0) is 201 Å². The molecule has 0 saturated heterocycles. The summed E-state index contributed by atoms with van der Waals surface area (Å²) in [6, 6.07) is 50.2. The standard InChI is InChI=1S/C64H46S/c1-3-11-45-37(7-1)9-5-13-49(45)51-27-17-41-19-29-53-47(25-15-39-21-31-55(51)63(41)61(39)53)43-23-33-59-57(35-43)58-36-44(24-34-60(58)65-59)48-26-16-40-22-32-56-52(28-18-42-20-30-54(48)62(40)64(42)56)50-14-6-10-38-8-2-4-12-46(38)50/h1,4-7,9-10,12-18,20-27,30-34,36,43,52H,2-3,8,11,19,28-29,35H2. The van der Waals surface area contributed by atoms with Gasteiger partial charge in [-0.1, -0.05) is 152 Å². The zero-order chi connectivity index (χ0) is 42.3. The smallest absolute Gasteiger partial charge is 0.0352 e. The third-order valence-corrected chi connectivity index (χ3v) is 17.4. The van der Waals surface area contributed by atoms with Crippen LogP contribution >= 0.6 is 11.3 Å². The van der Waals surface area contributed by atoms with Crippen molar-refractivity contribution in [2.24, 2.45) is 0 Å². The summed E-state index contributed by atoms with van der Waals surface area (Å²) < 4.78 is 1.39. The molecule has 0 amide bonds. The Morgan fingerprint density at radius 3 is 2.31 bits per heavy atom. The molecular weight excluding hydrogens is 801 g/mol.